The number of aliphatic carboxylic acids is 1. The van der Waals surface area contributed by atoms with Crippen LogP contribution in [0.3, 0.4) is 0 Å². The largest absolute Gasteiger partial charge is 0.481 e. The topological polar surface area (TPSA) is 98.7 Å². The lowest BCUT2D eigenvalue weighted by Gasteiger charge is -2.22. The number of aliphatic hydroxyl groups excluding tert-OH is 1. The zero-order valence-electron chi connectivity index (χ0n) is 11.4. The van der Waals surface area contributed by atoms with Gasteiger partial charge in [0, 0.05) is 6.54 Å². The van der Waals surface area contributed by atoms with E-state index in [1.807, 2.05) is 0 Å². The summed E-state index contributed by atoms with van der Waals surface area (Å²) in [6.45, 7) is 1.88. The third-order valence-corrected chi connectivity index (χ3v) is 3.65. The maximum atomic E-state index is 11.7. The third kappa shape index (κ3) is 5.46. The van der Waals surface area contributed by atoms with Gasteiger partial charge in [-0.3, -0.25) is 4.79 Å². The molecule has 1 aliphatic carbocycles. The van der Waals surface area contributed by atoms with E-state index in [0.717, 1.165) is 25.7 Å². The summed E-state index contributed by atoms with van der Waals surface area (Å²) in [5.74, 6) is -1.47. The van der Waals surface area contributed by atoms with Gasteiger partial charge in [-0.15, -0.1) is 0 Å². The fourth-order valence-corrected chi connectivity index (χ4v) is 2.30. The van der Waals surface area contributed by atoms with Gasteiger partial charge in [-0.1, -0.05) is 26.2 Å². The van der Waals surface area contributed by atoms with Crippen molar-refractivity contribution in [3.05, 3.63) is 0 Å². The van der Waals surface area contributed by atoms with Gasteiger partial charge in [0.05, 0.1) is 18.1 Å². The number of rotatable bonds is 5. The van der Waals surface area contributed by atoms with Gasteiger partial charge in [0.2, 0.25) is 0 Å². The fourth-order valence-electron chi connectivity index (χ4n) is 2.30. The first-order valence-electron chi connectivity index (χ1n) is 6.99. The van der Waals surface area contributed by atoms with Gasteiger partial charge in [0.15, 0.2) is 0 Å². The first kappa shape index (κ1) is 15.8. The Hall–Kier alpha value is -1.30. The SMILES string of the molecule is CCC(CNC(=O)NC1CCCCCC1O)C(=O)O. The number of urea groups is 1. The smallest absolute Gasteiger partial charge is 0.315 e. The Bertz CT molecular complexity index is 309. The number of carbonyl (C=O) groups is 2. The molecule has 6 nitrogen and oxygen atoms in total. The molecule has 110 valence electrons. The van der Waals surface area contributed by atoms with Gasteiger partial charge in [-0.25, -0.2) is 4.79 Å². The molecule has 0 bridgehead atoms. The molecule has 4 N–H and O–H groups in total. The van der Waals surface area contributed by atoms with Crippen molar-refractivity contribution in [2.45, 2.75) is 57.6 Å². The molecular weight excluding hydrogens is 248 g/mol. The summed E-state index contributed by atoms with van der Waals surface area (Å²) in [4.78, 5) is 22.5. The molecule has 1 saturated carbocycles. The van der Waals surface area contributed by atoms with Crippen LogP contribution in [0.1, 0.15) is 45.4 Å². The summed E-state index contributed by atoms with van der Waals surface area (Å²) < 4.78 is 0. The molecule has 0 aromatic carbocycles. The van der Waals surface area contributed by atoms with Crippen LogP contribution in [0.4, 0.5) is 4.79 Å². The van der Waals surface area contributed by atoms with Crippen molar-refractivity contribution in [2.75, 3.05) is 6.54 Å². The molecule has 3 unspecified atom stereocenters. The van der Waals surface area contributed by atoms with Gasteiger partial charge < -0.3 is 20.8 Å². The number of carbonyl (C=O) groups excluding carboxylic acids is 1. The lowest BCUT2D eigenvalue weighted by Crippen LogP contribution is -2.48. The number of hydrogen-bond donors (Lipinski definition) is 4. The normalized spacial score (nSPS) is 25.2. The van der Waals surface area contributed by atoms with E-state index in [1.54, 1.807) is 6.92 Å². The minimum atomic E-state index is -0.905. The number of amides is 2. The van der Waals surface area contributed by atoms with Crippen molar-refractivity contribution in [2.24, 2.45) is 5.92 Å². The maximum absolute atomic E-state index is 11.7. The summed E-state index contributed by atoms with van der Waals surface area (Å²) in [7, 11) is 0. The Kier molecular flexibility index (Phi) is 6.62. The molecule has 1 aliphatic rings. The van der Waals surface area contributed by atoms with Crippen molar-refractivity contribution >= 4 is 12.0 Å². The molecule has 19 heavy (non-hydrogen) atoms. The Morgan fingerprint density at radius 3 is 2.58 bits per heavy atom. The first-order valence-corrected chi connectivity index (χ1v) is 6.99. The molecule has 1 fully saturated rings. The Labute approximate surface area is 113 Å². The molecule has 3 atom stereocenters. The van der Waals surface area contributed by atoms with Crippen LogP contribution in [-0.4, -0.2) is 40.9 Å². The molecule has 0 spiro atoms. The van der Waals surface area contributed by atoms with Crippen molar-refractivity contribution in [1.29, 1.82) is 0 Å². The first-order chi connectivity index (χ1) is 9.04. The average molecular weight is 272 g/mol. The number of carboxylic acid groups (broad SMARTS) is 1. The monoisotopic (exact) mass is 272 g/mol. The summed E-state index contributed by atoms with van der Waals surface area (Å²) in [5, 5.41) is 24.0. The summed E-state index contributed by atoms with van der Waals surface area (Å²) in [5.41, 5.74) is 0. The van der Waals surface area contributed by atoms with Crippen LogP contribution in [-0.2, 0) is 4.79 Å². The number of carboxylic acids is 1. The zero-order chi connectivity index (χ0) is 14.3. The van der Waals surface area contributed by atoms with Gasteiger partial charge in [0.25, 0.3) is 0 Å². The summed E-state index contributed by atoms with van der Waals surface area (Å²) in [6.07, 6.45) is 4.50. The van der Waals surface area contributed by atoms with Crippen molar-refractivity contribution in [1.82, 2.24) is 10.6 Å². The van der Waals surface area contributed by atoms with E-state index < -0.39 is 24.0 Å². The van der Waals surface area contributed by atoms with Crippen molar-refractivity contribution in [3.8, 4) is 0 Å². The molecule has 6 heteroatoms. The second-order valence-electron chi connectivity index (χ2n) is 5.11. The minimum Gasteiger partial charge on any atom is -0.481 e. The second-order valence-corrected chi connectivity index (χ2v) is 5.11. The lowest BCUT2D eigenvalue weighted by atomic mass is 10.1. The highest BCUT2D eigenvalue weighted by atomic mass is 16.4. The molecule has 0 aromatic heterocycles. The number of nitrogens with one attached hydrogen (secondary N) is 2. The Balaban J connectivity index is 2.35. The van der Waals surface area contributed by atoms with Crippen LogP contribution in [0.5, 0.6) is 0 Å². The van der Waals surface area contributed by atoms with Gasteiger partial charge in [-0.05, 0) is 19.3 Å². The number of aliphatic hydroxyl groups is 1. The molecule has 0 heterocycles. The van der Waals surface area contributed by atoms with Gasteiger partial charge in [-0.2, -0.15) is 0 Å². The summed E-state index contributed by atoms with van der Waals surface area (Å²) in [6, 6.07) is -0.627. The van der Waals surface area contributed by atoms with E-state index in [-0.39, 0.29) is 12.6 Å². The van der Waals surface area contributed by atoms with E-state index in [1.165, 1.54) is 0 Å². The maximum Gasteiger partial charge on any atom is 0.315 e. The third-order valence-electron chi connectivity index (χ3n) is 3.65. The van der Waals surface area contributed by atoms with E-state index >= 15 is 0 Å². The molecule has 0 radical (unpaired) electrons. The van der Waals surface area contributed by atoms with Crippen LogP contribution in [0.15, 0.2) is 0 Å². The van der Waals surface area contributed by atoms with Crippen molar-refractivity contribution in [3.63, 3.8) is 0 Å². The second kappa shape index (κ2) is 7.99. The predicted octanol–water partition coefficient (Wildman–Crippen LogP) is 1.09. The fraction of sp³-hybridized carbons (Fsp3) is 0.846. The quantitative estimate of drug-likeness (QED) is 0.563. The molecule has 0 aliphatic heterocycles. The van der Waals surface area contributed by atoms with Crippen LogP contribution in [0.2, 0.25) is 0 Å². The highest BCUT2D eigenvalue weighted by molar-refractivity contribution is 5.76. The highest BCUT2D eigenvalue weighted by Gasteiger charge is 2.23. The van der Waals surface area contributed by atoms with E-state index in [4.69, 9.17) is 5.11 Å². The summed E-state index contributed by atoms with van der Waals surface area (Å²) >= 11 is 0. The molecule has 1 rings (SSSR count). The van der Waals surface area contributed by atoms with Crippen molar-refractivity contribution < 1.29 is 19.8 Å². The lowest BCUT2D eigenvalue weighted by molar-refractivity contribution is -0.141. The van der Waals surface area contributed by atoms with E-state index in [0.29, 0.717) is 12.8 Å². The standard InChI is InChI=1S/C13H24N2O4/c1-2-9(12(17)18)8-14-13(19)15-10-6-4-3-5-7-11(10)16/h9-11,16H,2-8H2,1H3,(H,17,18)(H2,14,15,19). The molecule has 0 aromatic rings. The average Bonchev–Trinajstić information content (AvgIpc) is 2.55. The van der Waals surface area contributed by atoms with Crippen LogP contribution in [0, 0.1) is 5.92 Å². The van der Waals surface area contributed by atoms with Gasteiger partial charge in [0.1, 0.15) is 0 Å². The van der Waals surface area contributed by atoms with Crippen LogP contribution < -0.4 is 10.6 Å². The Morgan fingerprint density at radius 1 is 1.26 bits per heavy atom. The van der Waals surface area contributed by atoms with E-state index in [2.05, 4.69) is 10.6 Å². The minimum absolute atomic E-state index is 0.112. The Morgan fingerprint density at radius 2 is 1.95 bits per heavy atom. The molecule has 0 saturated heterocycles. The molecular formula is C13H24N2O4. The van der Waals surface area contributed by atoms with Crippen LogP contribution in [0.25, 0.3) is 0 Å². The van der Waals surface area contributed by atoms with Gasteiger partial charge >= 0.3 is 12.0 Å². The molecule has 2 amide bonds. The highest BCUT2D eigenvalue weighted by Crippen LogP contribution is 2.17. The predicted molar refractivity (Wildman–Crippen MR) is 70.8 cm³/mol. The van der Waals surface area contributed by atoms with E-state index in [9.17, 15) is 14.7 Å². The number of hydrogen-bond acceptors (Lipinski definition) is 3. The zero-order valence-corrected chi connectivity index (χ0v) is 11.4. The van der Waals surface area contributed by atoms with Crippen LogP contribution >= 0.6 is 0 Å².